The first-order chi connectivity index (χ1) is 14.9. The number of ether oxygens (including phenoxy) is 1. The molecule has 1 fully saturated rings. The monoisotopic (exact) mass is 425 g/mol. The number of carbonyl (C=O) groups excluding carboxylic acids is 2. The van der Waals surface area contributed by atoms with E-state index in [1.807, 2.05) is 35.2 Å². The van der Waals surface area contributed by atoms with Crippen LogP contribution < -0.4 is 4.90 Å². The van der Waals surface area contributed by atoms with E-state index >= 15 is 0 Å². The molecule has 0 spiro atoms. The Morgan fingerprint density at radius 3 is 2.45 bits per heavy atom. The van der Waals surface area contributed by atoms with Gasteiger partial charge in [0.25, 0.3) is 11.6 Å². The van der Waals surface area contributed by atoms with Crippen molar-refractivity contribution in [2.45, 2.75) is 38.8 Å². The summed E-state index contributed by atoms with van der Waals surface area (Å²) in [6.07, 6.45) is 2.06. The fourth-order valence-corrected chi connectivity index (χ4v) is 3.72. The number of hydrogen-bond donors (Lipinski definition) is 0. The Morgan fingerprint density at radius 2 is 1.81 bits per heavy atom. The van der Waals surface area contributed by atoms with Crippen molar-refractivity contribution >= 4 is 23.3 Å². The minimum Gasteiger partial charge on any atom is -0.449 e. The van der Waals surface area contributed by atoms with Crippen LogP contribution in [0, 0.1) is 10.1 Å². The summed E-state index contributed by atoms with van der Waals surface area (Å²) in [6.45, 7) is 3.39. The van der Waals surface area contributed by atoms with Gasteiger partial charge >= 0.3 is 5.97 Å². The standard InChI is InChI=1S/C23H27N3O5/c1-17(22(27)24(2)16-18-9-5-3-6-10-18)31-23(28)19-11-12-20(21(15-19)26(29)30)25-13-7-4-8-14-25/h3,5-6,9-12,15,17H,4,7-8,13-14,16H2,1-2H3/t17-/m1/s1. The average Bonchev–Trinajstić information content (AvgIpc) is 2.79. The molecular weight excluding hydrogens is 398 g/mol. The molecule has 0 N–H and O–H groups in total. The van der Waals surface area contributed by atoms with E-state index in [-0.39, 0.29) is 17.2 Å². The molecule has 0 aromatic heterocycles. The lowest BCUT2D eigenvalue weighted by molar-refractivity contribution is -0.384. The second-order valence-electron chi connectivity index (χ2n) is 7.74. The number of nitro groups is 1. The summed E-state index contributed by atoms with van der Waals surface area (Å²) in [4.78, 5) is 39.7. The number of benzene rings is 2. The Morgan fingerprint density at radius 1 is 1.13 bits per heavy atom. The third-order valence-electron chi connectivity index (χ3n) is 5.37. The van der Waals surface area contributed by atoms with Crippen LogP contribution in [0.1, 0.15) is 42.1 Å². The van der Waals surface area contributed by atoms with Crippen molar-refractivity contribution in [3.63, 3.8) is 0 Å². The normalized spacial score (nSPS) is 14.6. The maximum atomic E-state index is 12.6. The van der Waals surface area contributed by atoms with E-state index in [0.29, 0.717) is 12.2 Å². The Bertz CT molecular complexity index is 941. The predicted octanol–water partition coefficient (Wildman–Crippen LogP) is 3.79. The number of esters is 1. The number of anilines is 1. The lowest BCUT2D eigenvalue weighted by Crippen LogP contribution is -2.37. The Kier molecular flexibility index (Phi) is 7.23. The number of hydrogen-bond acceptors (Lipinski definition) is 6. The summed E-state index contributed by atoms with van der Waals surface area (Å²) >= 11 is 0. The number of likely N-dealkylation sites (N-methyl/N-ethyl adjacent to an activating group) is 1. The van der Waals surface area contributed by atoms with Crippen molar-refractivity contribution < 1.29 is 19.2 Å². The van der Waals surface area contributed by atoms with Gasteiger partial charge in [-0.3, -0.25) is 14.9 Å². The largest absolute Gasteiger partial charge is 0.449 e. The predicted molar refractivity (Wildman–Crippen MR) is 117 cm³/mol. The number of carbonyl (C=O) groups is 2. The van der Waals surface area contributed by atoms with Gasteiger partial charge in [0, 0.05) is 32.7 Å². The van der Waals surface area contributed by atoms with E-state index in [2.05, 4.69) is 0 Å². The Balaban J connectivity index is 1.68. The van der Waals surface area contributed by atoms with Gasteiger partial charge in [-0.25, -0.2) is 4.79 Å². The van der Waals surface area contributed by atoms with E-state index in [1.165, 1.54) is 24.0 Å². The summed E-state index contributed by atoms with van der Waals surface area (Å²) in [5.74, 6) is -1.11. The van der Waals surface area contributed by atoms with E-state index in [0.717, 1.165) is 37.9 Å². The van der Waals surface area contributed by atoms with Crippen molar-refractivity contribution in [3.05, 3.63) is 69.8 Å². The second-order valence-corrected chi connectivity index (χ2v) is 7.74. The van der Waals surface area contributed by atoms with Crippen LogP contribution in [0.4, 0.5) is 11.4 Å². The van der Waals surface area contributed by atoms with Crippen molar-refractivity contribution in [1.29, 1.82) is 0 Å². The van der Waals surface area contributed by atoms with E-state index in [4.69, 9.17) is 4.74 Å². The third-order valence-corrected chi connectivity index (χ3v) is 5.37. The molecule has 0 bridgehead atoms. The maximum absolute atomic E-state index is 12.6. The quantitative estimate of drug-likeness (QED) is 0.381. The van der Waals surface area contributed by atoms with Crippen LogP contribution in [0.15, 0.2) is 48.5 Å². The minimum atomic E-state index is -1.01. The van der Waals surface area contributed by atoms with Crippen molar-refractivity contribution in [2.75, 3.05) is 25.0 Å². The number of rotatable bonds is 7. The molecule has 31 heavy (non-hydrogen) atoms. The molecule has 2 aromatic carbocycles. The minimum absolute atomic E-state index is 0.0535. The molecule has 1 aliphatic heterocycles. The van der Waals surface area contributed by atoms with Crippen LogP contribution in [-0.4, -0.2) is 47.9 Å². The fourth-order valence-electron chi connectivity index (χ4n) is 3.72. The molecule has 164 valence electrons. The van der Waals surface area contributed by atoms with Crippen LogP contribution in [0.3, 0.4) is 0 Å². The molecule has 8 nitrogen and oxygen atoms in total. The van der Waals surface area contributed by atoms with Gasteiger partial charge in [-0.05, 0) is 43.9 Å². The zero-order valence-corrected chi connectivity index (χ0v) is 17.8. The molecule has 2 aromatic rings. The first-order valence-corrected chi connectivity index (χ1v) is 10.4. The zero-order valence-electron chi connectivity index (χ0n) is 17.8. The average molecular weight is 425 g/mol. The highest BCUT2D eigenvalue weighted by Gasteiger charge is 2.26. The van der Waals surface area contributed by atoms with Gasteiger partial charge in [0.2, 0.25) is 0 Å². The molecule has 1 heterocycles. The maximum Gasteiger partial charge on any atom is 0.339 e. The number of nitro benzene ring substituents is 1. The summed E-state index contributed by atoms with van der Waals surface area (Å²) in [6, 6.07) is 13.8. The molecule has 0 aliphatic carbocycles. The Labute approximate surface area is 181 Å². The molecule has 1 aliphatic rings. The highest BCUT2D eigenvalue weighted by molar-refractivity contribution is 5.93. The summed E-state index contributed by atoms with van der Waals surface area (Å²) in [7, 11) is 1.64. The fraction of sp³-hybridized carbons (Fsp3) is 0.391. The van der Waals surface area contributed by atoms with Crippen LogP contribution in [0.2, 0.25) is 0 Å². The smallest absolute Gasteiger partial charge is 0.339 e. The second kappa shape index (κ2) is 10.1. The highest BCUT2D eigenvalue weighted by atomic mass is 16.6. The van der Waals surface area contributed by atoms with Gasteiger partial charge in [-0.15, -0.1) is 0 Å². The van der Waals surface area contributed by atoms with E-state index in [9.17, 15) is 19.7 Å². The van der Waals surface area contributed by atoms with Gasteiger partial charge in [-0.2, -0.15) is 0 Å². The third kappa shape index (κ3) is 5.59. The highest BCUT2D eigenvalue weighted by Crippen LogP contribution is 2.31. The van der Waals surface area contributed by atoms with Crippen molar-refractivity contribution in [3.8, 4) is 0 Å². The first kappa shape index (κ1) is 22.3. The molecule has 0 radical (unpaired) electrons. The number of nitrogens with zero attached hydrogens (tertiary/aromatic N) is 3. The molecule has 1 amide bonds. The summed E-state index contributed by atoms with van der Waals surface area (Å²) in [5, 5.41) is 11.6. The molecule has 8 heteroatoms. The van der Waals surface area contributed by atoms with Crippen LogP contribution in [0.25, 0.3) is 0 Å². The first-order valence-electron chi connectivity index (χ1n) is 10.4. The lowest BCUT2D eigenvalue weighted by atomic mass is 10.1. The Hall–Kier alpha value is -3.42. The number of amides is 1. The summed E-state index contributed by atoms with van der Waals surface area (Å²) in [5.41, 5.74) is 1.39. The molecule has 1 saturated heterocycles. The van der Waals surface area contributed by atoms with Crippen LogP contribution in [0.5, 0.6) is 0 Å². The van der Waals surface area contributed by atoms with Gasteiger partial charge < -0.3 is 14.5 Å². The van der Waals surface area contributed by atoms with E-state index in [1.54, 1.807) is 13.1 Å². The molecule has 0 unspecified atom stereocenters. The van der Waals surface area contributed by atoms with Gasteiger partial charge in [0.05, 0.1) is 10.5 Å². The molecule has 3 rings (SSSR count). The summed E-state index contributed by atoms with van der Waals surface area (Å²) < 4.78 is 5.31. The van der Waals surface area contributed by atoms with Crippen LogP contribution in [-0.2, 0) is 16.1 Å². The van der Waals surface area contributed by atoms with Crippen molar-refractivity contribution in [2.24, 2.45) is 0 Å². The van der Waals surface area contributed by atoms with E-state index < -0.39 is 17.0 Å². The zero-order chi connectivity index (χ0) is 22.4. The molecule has 1 atom stereocenters. The lowest BCUT2D eigenvalue weighted by Gasteiger charge is -2.28. The molecular formula is C23H27N3O5. The molecule has 0 saturated carbocycles. The van der Waals surface area contributed by atoms with Crippen LogP contribution >= 0.6 is 0 Å². The van der Waals surface area contributed by atoms with Crippen molar-refractivity contribution in [1.82, 2.24) is 4.90 Å². The SMILES string of the molecule is C[C@@H](OC(=O)c1ccc(N2CCCCC2)c([N+](=O)[O-])c1)C(=O)N(C)Cc1ccccc1. The van der Waals surface area contributed by atoms with Gasteiger partial charge in [-0.1, -0.05) is 30.3 Å². The van der Waals surface area contributed by atoms with Gasteiger partial charge in [0.15, 0.2) is 6.10 Å². The number of piperidine rings is 1. The topological polar surface area (TPSA) is 93.0 Å². The van der Waals surface area contributed by atoms with Gasteiger partial charge in [0.1, 0.15) is 5.69 Å².